The summed E-state index contributed by atoms with van der Waals surface area (Å²) in [4.78, 5) is 25.5. The van der Waals surface area contributed by atoms with Gasteiger partial charge in [0.15, 0.2) is 13.1 Å². The number of esters is 1. The average molecular weight is 430 g/mol. The fourth-order valence-electron chi connectivity index (χ4n) is 4.20. The van der Waals surface area contributed by atoms with Gasteiger partial charge in [-0.15, -0.1) is 0 Å². The zero-order chi connectivity index (χ0) is 21.6. The summed E-state index contributed by atoms with van der Waals surface area (Å²) in [6, 6.07) is 13.3. The molecule has 0 aliphatic carbocycles. The Morgan fingerprint density at radius 3 is 2.27 bits per heavy atom. The number of piperidine rings is 1. The van der Waals surface area contributed by atoms with Crippen LogP contribution in [0.2, 0.25) is 5.02 Å². The molecule has 1 saturated heterocycles. The Morgan fingerprint density at radius 2 is 1.63 bits per heavy atom. The van der Waals surface area contributed by atoms with E-state index in [-0.39, 0.29) is 31.6 Å². The molecular weight excluding hydrogens is 400 g/mol. The summed E-state index contributed by atoms with van der Waals surface area (Å²) in [6.45, 7) is 6.23. The van der Waals surface area contributed by atoms with Gasteiger partial charge in [0, 0.05) is 10.7 Å². The second-order valence-electron chi connectivity index (χ2n) is 8.27. The van der Waals surface area contributed by atoms with Crippen molar-refractivity contribution in [3.8, 4) is 0 Å². The summed E-state index contributed by atoms with van der Waals surface area (Å²) in [6.07, 6.45) is 3.16. The van der Waals surface area contributed by atoms with Gasteiger partial charge in [0.2, 0.25) is 0 Å². The Morgan fingerprint density at radius 1 is 1.00 bits per heavy atom. The highest BCUT2D eigenvalue weighted by molar-refractivity contribution is 6.30. The molecule has 0 radical (unpaired) electrons. The first-order valence-electron chi connectivity index (χ1n) is 10.5. The molecule has 1 heterocycles. The smallest absolute Gasteiger partial charge is 0.362 e. The summed E-state index contributed by atoms with van der Waals surface area (Å²) >= 11 is 6.10. The SMILES string of the molecule is Cc1cc(Cl)cc(C)c1NC(=O)C[N+]1(CC(=O)OCc2ccccc2)CCCCC1. The number of amides is 1. The molecule has 1 amide bonds. The van der Waals surface area contributed by atoms with Crippen molar-refractivity contribution in [3.05, 3.63) is 64.2 Å². The van der Waals surface area contributed by atoms with Crippen molar-refractivity contribution >= 4 is 29.2 Å². The Balaban J connectivity index is 1.64. The minimum Gasteiger partial charge on any atom is -0.457 e. The molecule has 1 fully saturated rings. The molecule has 1 N–H and O–H groups in total. The van der Waals surface area contributed by atoms with Crippen molar-refractivity contribution in [3.63, 3.8) is 0 Å². The van der Waals surface area contributed by atoms with Crippen molar-refractivity contribution in [2.24, 2.45) is 0 Å². The number of quaternary nitrogens is 1. The molecule has 30 heavy (non-hydrogen) atoms. The zero-order valence-corrected chi connectivity index (χ0v) is 18.5. The third-order valence-electron chi connectivity index (χ3n) is 5.71. The lowest BCUT2D eigenvalue weighted by atomic mass is 10.1. The third-order valence-corrected chi connectivity index (χ3v) is 5.93. The van der Waals surface area contributed by atoms with Crippen LogP contribution in [0.25, 0.3) is 0 Å². The molecule has 0 unspecified atom stereocenters. The first-order valence-corrected chi connectivity index (χ1v) is 10.9. The van der Waals surface area contributed by atoms with E-state index in [2.05, 4.69) is 5.32 Å². The summed E-state index contributed by atoms with van der Waals surface area (Å²) in [7, 11) is 0. The van der Waals surface area contributed by atoms with Gasteiger partial charge in [-0.3, -0.25) is 4.79 Å². The van der Waals surface area contributed by atoms with E-state index in [9.17, 15) is 9.59 Å². The van der Waals surface area contributed by atoms with E-state index in [1.54, 1.807) is 0 Å². The van der Waals surface area contributed by atoms with Gasteiger partial charge in [-0.2, -0.15) is 0 Å². The van der Waals surface area contributed by atoms with E-state index in [0.29, 0.717) is 9.51 Å². The van der Waals surface area contributed by atoms with E-state index in [4.69, 9.17) is 16.3 Å². The number of carbonyl (C=O) groups excluding carboxylic acids is 2. The fourth-order valence-corrected chi connectivity index (χ4v) is 4.53. The highest BCUT2D eigenvalue weighted by atomic mass is 35.5. The molecule has 160 valence electrons. The van der Waals surface area contributed by atoms with Crippen molar-refractivity contribution in [2.45, 2.75) is 39.7 Å². The molecule has 0 atom stereocenters. The standard InChI is InChI=1S/C24H29ClN2O3/c1-18-13-21(25)14-19(2)24(18)26-22(28)15-27(11-7-4-8-12-27)16-23(29)30-17-20-9-5-3-6-10-20/h3,5-6,9-10,13-14H,4,7-8,11-12,15-17H2,1-2H3/p+1. The molecule has 0 saturated carbocycles. The molecule has 0 spiro atoms. The normalized spacial score (nSPS) is 15.4. The molecule has 6 heteroatoms. The number of aryl methyl sites for hydroxylation is 2. The third kappa shape index (κ3) is 6.07. The van der Waals surface area contributed by atoms with Crippen molar-refractivity contribution < 1.29 is 18.8 Å². The van der Waals surface area contributed by atoms with Crippen molar-refractivity contribution in [1.29, 1.82) is 0 Å². The van der Waals surface area contributed by atoms with Crippen LogP contribution in [0.4, 0.5) is 5.69 Å². The Hall–Kier alpha value is -2.37. The molecule has 1 aliphatic heterocycles. The van der Waals surface area contributed by atoms with Crippen LogP contribution in [0.5, 0.6) is 0 Å². The number of nitrogens with one attached hydrogen (secondary N) is 1. The Bertz CT molecular complexity index is 870. The number of hydrogen-bond donors (Lipinski definition) is 1. The number of rotatable bonds is 7. The van der Waals surface area contributed by atoms with Crippen LogP contribution in [0, 0.1) is 13.8 Å². The number of anilines is 1. The van der Waals surface area contributed by atoms with Gasteiger partial charge in [0.1, 0.15) is 6.61 Å². The summed E-state index contributed by atoms with van der Waals surface area (Å²) in [5.41, 5.74) is 3.62. The van der Waals surface area contributed by atoms with E-state index < -0.39 is 0 Å². The first-order chi connectivity index (χ1) is 14.4. The molecule has 0 bridgehead atoms. The fraction of sp³-hybridized carbons (Fsp3) is 0.417. The minimum atomic E-state index is -0.257. The molecule has 1 aliphatic rings. The van der Waals surface area contributed by atoms with Crippen LogP contribution < -0.4 is 5.32 Å². The number of likely N-dealkylation sites (tertiary alicyclic amines) is 1. The van der Waals surface area contributed by atoms with Gasteiger partial charge >= 0.3 is 5.97 Å². The summed E-state index contributed by atoms with van der Waals surface area (Å²) < 4.78 is 5.96. The lowest BCUT2D eigenvalue weighted by Gasteiger charge is -2.40. The second kappa shape index (κ2) is 10.1. The number of hydrogen-bond acceptors (Lipinski definition) is 3. The van der Waals surface area contributed by atoms with Crippen LogP contribution in [0.1, 0.15) is 36.0 Å². The van der Waals surface area contributed by atoms with Gasteiger partial charge in [-0.25, -0.2) is 4.79 Å². The average Bonchev–Trinajstić information content (AvgIpc) is 2.70. The summed E-state index contributed by atoms with van der Waals surface area (Å²) in [5, 5.41) is 3.70. The van der Waals surface area contributed by atoms with Gasteiger partial charge in [-0.05, 0) is 61.9 Å². The topological polar surface area (TPSA) is 55.4 Å². The van der Waals surface area contributed by atoms with E-state index in [1.807, 2.05) is 56.3 Å². The first kappa shape index (κ1) is 22.3. The number of carbonyl (C=O) groups is 2. The van der Waals surface area contributed by atoms with Crippen LogP contribution in [0.3, 0.4) is 0 Å². The predicted molar refractivity (Wildman–Crippen MR) is 119 cm³/mol. The van der Waals surface area contributed by atoms with Crippen molar-refractivity contribution in [1.82, 2.24) is 0 Å². The molecule has 0 aromatic heterocycles. The lowest BCUT2D eigenvalue weighted by molar-refractivity contribution is -0.918. The Kier molecular flexibility index (Phi) is 7.51. The Labute approximate surface area is 183 Å². The minimum absolute atomic E-state index is 0.0821. The largest absolute Gasteiger partial charge is 0.457 e. The quantitative estimate of drug-likeness (QED) is 0.515. The number of benzene rings is 2. The molecule has 3 rings (SSSR count). The van der Waals surface area contributed by atoms with Crippen molar-refractivity contribution in [2.75, 3.05) is 31.5 Å². The monoisotopic (exact) mass is 429 g/mol. The van der Waals surface area contributed by atoms with Crippen LogP contribution in [-0.2, 0) is 20.9 Å². The molecule has 2 aromatic rings. The van der Waals surface area contributed by atoms with Gasteiger partial charge in [0.25, 0.3) is 5.91 Å². The van der Waals surface area contributed by atoms with Crippen LogP contribution in [0.15, 0.2) is 42.5 Å². The van der Waals surface area contributed by atoms with E-state index >= 15 is 0 Å². The van der Waals surface area contributed by atoms with Gasteiger partial charge in [-0.1, -0.05) is 41.9 Å². The highest BCUT2D eigenvalue weighted by Gasteiger charge is 2.35. The summed E-state index contributed by atoms with van der Waals surface area (Å²) in [5.74, 6) is -0.339. The van der Waals surface area contributed by atoms with Gasteiger partial charge < -0.3 is 14.5 Å². The number of ether oxygens (including phenoxy) is 1. The maximum absolute atomic E-state index is 12.9. The number of halogens is 1. The molecular formula is C24H30ClN2O3+. The van der Waals surface area contributed by atoms with E-state index in [0.717, 1.165) is 54.7 Å². The molecule has 2 aromatic carbocycles. The second-order valence-corrected chi connectivity index (χ2v) is 8.71. The maximum Gasteiger partial charge on any atom is 0.362 e. The predicted octanol–water partition coefficient (Wildman–Crippen LogP) is 4.64. The van der Waals surface area contributed by atoms with Crippen LogP contribution >= 0.6 is 11.6 Å². The number of nitrogens with zero attached hydrogens (tertiary/aromatic N) is 1. The maximum atomic E-state index is 12.9. The highest BCUT2D eigenvalue weighted by Crippen LogP contribution is 2.25. The lowest BCUT2D eigenvalue weighted by Crippen LogP contribution is -2.57. The molecule has 5 nitrogen and oxygen atoms in total. The van der Waals surface area contributed by atoms with Crippen LogP contribution in [-0.4, -0.2) is 42.5 Å². The van der Waals surface area contributed by atoms with E-state index in [1.165, 1.54) is 0 Å². The van der Waals surface area contributed by atoms with Gasteiger partial charge in [0.05, 0.1) is 13.1 Å². The zero-order valence-electron chi connectivity index (χ0n) is 17.7.